The van der Waals surface area contributed by atoms with Crippen LogP contribution in [0.25, 0.3) is 0 Å². The highest BCUT2D eigenvalue weighted by atomic mass is 31.2. The van der Waals surface area contributed by atoms with Gasteiger partial charge in [0.25, 0.3) is 0 Å². The molecule has 6 nitrogen and oxygen atoms in total. The standard InChI is InChI=1S/C28H60NO5P/c1-6-7-8-9-10-11-12-13-14-15-16-17-18-19-20-21-24-33-26-28(32-5)27-34-35(30,31)25-22-23-29(2,3)4/h28H,6-27H2,1-5H3. The summed E-state index contributed by atoms with van der Waals surface area (Å²) < 4.78 is 29.0. The van der Waals surface area contributed by atoms with Crippen LogP contribution in [0.15, 0.2) is 0 Å². The van der Waals surface area contributed by atoms with Gasteiger partial charge in [0.1, 0.15) is 13.7 Å². The molecule has 35 heavy (non-hydrogen) atoms. The van der Waals surface area contributed by atoms with Gasteiger partial charge in [0.05, 0.1) is 40.9 Å². The maximum atomic E-state index is 12.1. The minimum atomic E-state index is -3.82. The number of rotatable bonds is 27. The Morgan fingerprint density at radius 1 is 0.714 bits per heavy atom. The summed E-state index contributed by atoms with van der Waals surface area (Å²) in [5.41, 5.74) is 0. The summed E-state index contributed by atoms with van der Waals surface area (Å²) in [5, 5.41) is 0. The summed E-state index contributed by atoms with van der Waals surface area (Å²) in [6, 6.07) is 0. The van der Waals surface area contributed by atoms with Crippen molar-refractivity contribution in [2.24, 2.45) is 0 Å². The van der Waals surface area contributed by atoms with E-state index in [4.69, 9.17) is 14.0 Å². The molecule has 0 aromatic carbocycles. The summed E-state index contributed by atoms with van der Waals surface area (Å²) >= 11 is 0. The molecule has 0 N–H and O–H groups in total. The number of quaternary nitrogens is 1. The fraction of sp³-hybridized carbons (Fsp3) is 1.00. The molecule has 7 heteroatoms. The third-order valence-corrected chi connectivity index (χ3v) is 7.90. The first-order valence-electron chi connectivity index (χ1n) is 14.6. The molecule has 0 fully saturated rings. The van der Waals surface area contributed by atoms with Gasteiger partial charge in [0.15, 0.2) is 0 Å². The van der Waals surface area contributed by atoms with Crippen LogP contribution in [-0.4, -0.2) is 71.4 Å². The van der Waals surface area contributed by atoms with Crippen LogP contribution in [0.2, 0.25) is 0 Å². The molecule has 2 atom stereocenters. The van der Waals surface area contributed by atoms with Crippen LogP contribution in [0.1, 0.15) is 116 Å². The number of nitrogens with zero attached hydrogens (tertiary/aromatic N) is 1. The lowest BCUT2D eigenvalue weighted by molar-refractivity contribution is -0.870. The molecule has 2 unspecified atom stereocenters. The Hall–Kier alpha value is 0.0300. The van der Waals surface area contributed by atoms with Gasteiger partial charge in [-0.3, -0.25) is 0 Å². The van der Waals surface area contributed by atoms with E-state index in [2.05, 4.69) is 6.92 Å². The average Bonchev–Trinajstić information content (AvgIpc) is 2.79. The molecule has 0 saturated carbocycles. The van der Waals surface area contributed by atoms with Crippen molar-refractivity contribution in [1.82, 2.24) is 0 Å². The van der Waals surface area contributed by atoms with E-state index in [1.807, 2.05) is 21.1 Å². The van der Waals surface area contributed by atoms with Gasteiger partial charge in [-0.15, -0.1) is 0 Å². The minimum Gasteiger partial charge on any atom is -0.778 e. The first-order chi connectivity index (χ1) is 16.7. The highest BCUT2D eigenvalue weighted by molar-refractivity contribution is 7.51. The molecule has 0 radical (unpaired) electrons. The number of methoxy groups -OCH3 is 1. The molecule has 0 amide bonds. The highest BCUT2D eigenvalue weighted by Crippen LogP contribution is 2.37. The Labute approximate surface area is 218 Å². The van der Waals surface area contributed by atoms with E-state index in [0.717, 1.165) is 17.4 Å². The van der Waals surface area contributed by atoms with Crippen molar-refractivity contribution < 1.29 is 27.9 Å². The first-order valence-corrected chi connectivity index (χ1v) is 16.3. The third-order valence-electron chi connectivity index (χ3n) is 6.50. The molecular formula is C28H60NO5P. The molecule has 0 saturated heterocycles. The predicted octanol–water partition coefficient (Wildman–Crippen LogP) is 6.95. The van der Waals surface area contributed by atoms with Crippen molar-refractivity contribution in [1.29, 1.82) is 0 Å². The first kappa shape index (κ1) is 35.0. The molecule has 0 bridgehead atoms. The normalized spacial score (nSPS) is 14.8. The molecule has 0 heterocycles. The van der Waals surface area contributed by atoms with Crippen molar-refractivity contribution in [2.75, 3.05) is 60.8 Å². The molecule has 0 aliphatic rings. The zero-order valence-corrected chi connectivity index (χ0v) is 25.0. The Morgan fingerprint density at radius 2 is 1.17 bits per heavy atom. The van der Waals surface area contributed by atoms with Crippen molar-refractivity contribution in [2.45, 2.75) is 122 Å². The zero-order valence-electron chi connectivity index (χ0n) is 24.1. The number of ether oxygens (including phenoxy) is 2. The lowest BCUT2D eigenvalue weighted by Gasteiger charge is -2.28. The molecule has 0 aliphatic heterocycles. The van der Waals surface area contributed by atoms with Gasteiger partial charge in [0.2, 0.25) is 0 Å². The largest absolute Gasteiger partial charge is 0.778 e. The van der Waals surface area contributed by atoms with Crippen molar-refractivity contribution in [3.05, 3.63) is 0 Å². The second-order valence-electron chi connectivity index (χ2n) is 11.2. The molecular weight excluding hydrogens is 461 g/mol. The Morgan fingerprint density at radius 3 is 1.60 bits per heavy atom. The lowest BCUT2D eigenvalue weighted by Crippen LogP contribution is -2.36. The molecule has 212 valence electrons. The van der Waals surface area contributed by atoms with Crippen LogP contribution in [0.5, 0.6) is 0 Å². The van der Waals surface area contributed by atoms with E-state index in [1.165, 1.54) is 96.3 Å². The monoisotopic (exact) mass is 521 g/mol. The second-order valence-corrected chi connectivity index (χ2v) is 13.2. The second kappa shape index (κ2) is 23.2. The minimum absolute atomic E-state index is 0.0284. The summed E-state index contributed by atoms with van der Waals surface area (Å²) in [6.45, 7) is 4.16. The van der Waals surface area contributed by atoms with Crippen molar-refractivity contribution in [3.8, 4) is 0 Å². The maximum absolute atomic E-state index is 12.1. The van der Waals surface area contributed by atoms with Crippen LogP contribution >= 0.6 is 7.60 Å². The van der Waals surface area contributed by atoms with Crippen LogP contribution in [0.4, 0.5) is 0 Å². The molecule has 0 aliphatic carbocycles. The fourth-order valence-electron chi connectivity index (χ4n) is 4.15. The van der Waals surface area contributed by atoms with E-state index < -0.39 is 7.60 Å². The number of hydrogen-bond donors (Lipinski definition) is 0. The van der Waals surface area contributed by atoms with Crippen molar-refractivity contribution in [3.63, 3.8) is 0 Å². The Kier molecular flexibility index (Phi) is 23.2. The Balaban J connectivity index is 3.49. The molecule has 0 aromatic heterocycles. The quantitative estimate of drug-likeness (QED) is 0.0665. The van der Waals surface area contributed by atoms with Crippen molar-refractivity contribution >= 4 is 7.60 Å². The number of hydrogen-bond acceptors (Lipinski definition) is 5. The van der Waals surface area contributed by atoms with Crippen LogP contribution in [0, 0.1) is 0 Å². The summed E-state index contributed by atoms with van der Waals surface area (Å²) in [4.78, 5) is 12.1. The summed E-state index contributed by atoms with van der Waals surface area (Å²) in [5.74, 6) is 0. The van der Waals surface area contributed by atoms with Gasteiger partial charge in [-0.05, 0) is 6.42 Å². The summed E-state index contributed by atoms with van der Waals surface area (Å²) in [7, 11) is 3.90. The van der Waals surface area contributed by atoms with E-state index >= 15 is 0 Å². The van der Waals surface area contributed by atoms with Crippen LogP contribution < -0.4 is 4.89 Å². The van der Waals surface area contributed by atoms with E-state index in [0.29, 0.717) is 19.6 Å². The van der Waals surface area contributed by atoms with Gasteiger partial charge in [-0.2, -0.15) is 0 Å². The van der Waals surface area contributed by atoms with Gasteiger partial charge >= 0.3 is 0 Å². The van der Waals surface area contributed by atoms with Gasteiger partial charge in [-0.1, -0.05) is 103 Å². The topological polar surface area (TPSA) is 67.8 Å². The smallest absolute Gasteiger partial charge is 0.135 e. The van der Waals surface area contributed by atoms with Gasteiger partial charge in [-0.25, -0.2) is 0 Å². The van der Waals surface area contributed by atoms with E-state index in [1.54, 1.807) is 7.11 Å². The molecule has 0 rings (SSSR count). The fourth-order valence-corrected chi connectivity index (χ4v) is 5.20. The Bertz CT molecular complexity index is 498. The van der Waals surface area contributed by atoms with Crippen LogP contribution in [0.3, 0.4) is 0 Å². The predicted molar refractivity (Wildman–Crippen MR) is 147 cm³/mol. The third kappa shape index (κ3) is 26.9. The highest BCUT2D eigenvalue weighted by Gasteiger charge is 2.16. The SMILES string of the molecule is CCCCCCCCCCCCCCCCCCOCC(COP(=O)([O-])CCC[N+](C)(C)C)OC. The molecule has 0 spiro atoms. The van der Waals surface area contributed by atoms with Crippen LogP contribution in [-0.2, 0) is 18.6 Å². The van der Waals surface area contributed by atoms with E-state index in [-0.39, 0.29) is 18.9 Å². The maximum Gasteiger partial charge on any atom is 0.135 e. The van der Waals surface area contributed by atoms with E-state index in [9.17, 15) is 9.46 Å². The van der Waals surface area contributed by atoms with Gasteiger partial charge in [0, 0.05) is 26.3 Å². The molecule has 0 aromatic rings. The number of unbranched alkanes of at least 4 members (excludes halogenated alkanes) is 15. The average molecular weight is 522 g/mol. The summed E-state index contributed by atoms with van der Waals surface area (Å²) in [6.07, 6.45) is 22.0. The zero-order chi connectivity index (χ0) is 26.3. The lowest BCUT2D eigenvalue weighted by atomic mass is 10.0. The van der Waals surface area contributed by atoms with Gasteiger partial charge < -0.3 is 27.9 Å².